The molecular formula is C19H21Cl2F3N2. The van der Waals surface area contributed by atoms with Crippen molar-refractivity contribution in [2.24, 2.45) is 0 Å². The van der Waals surface area contributed by atoms with Crippen molar-refractivity contribution in [3.8, 4) is 0 Å². The number of benzene rings is 2. The second kappa shape index (κ2) is 8.17. The molecule has 2 aromatic carbocycles. The number of rotatable bonds is 1. The van der Waals surface area contributed by atoms with Gasteiger partial charge in [0.05, 0.1) is 5.56 Å². The number of nitrogens with one attached hydrogen (secondary N) is 1. The highest BCUT2D eigenvalue weighted by atomic mass is 35.5. The maximum Gasteiger partial charge on any atom is 0.416 e. The van der Waals surface area contributed by atoms with Gasteiger partial charge in [-0.1, -0.05) is 36.4 Å². The average Bonchev–Trinajstić information content (AvgIpc) is 2.60. The van der Waals surface area contributed by atoms with E-state index in [0.29, 0.717) is 0 Å². The summed E-state index contributed by atoms with van der Waals surface area (Å²) in [7, 11) is 0. The molecule has 2 nitrogen and oxygen atoms in total. The molecule has 2 atom stereocenters. The van der Waals surface area contributed by atoms with Gasteiger partial charge in [0.2, 0.25) is 0 Å². The maximum absolute atomic E-state index is 13.2. The third kappa shape index (κ3) is 3.86. The summed E-state index contributed by atoms with van der Waals surface area (Å²) in [4.78, 5) is 2.39. The van der Waals surface area contributed by atoms with Crippen LogP contribution in [0.1, 0.15) is 34.2 Å². The summed E-state index contributed by atoms with van der Waals surface area (Å²) in [5.41, 5.74) is 2.37. The van der Waals surface area contributed by atoms with E-state index in [9.17, 15) is 13.2 Å². The summed E-state index contributed by atoms with van der Waals surface area (Å²) in [6.45, 7) is 3.41. The third-order valence-corrected chi connectivity index (χ3v) is 5.12. The van der Waals surface area contributed by atoms with Crippen LogP contribution < -0.4 is 5.32 Å². The van der Waals surface area contributed by atoms with Crippen LogP contribution in [0.15, 0.2) is 48.5 Å². The molecule has 1 N–H and O–H groups in total. The minimum absolute atomic E-state index is 0. The number of alkyl halides is 3. The lowest BCUT2D eigenvalue weighted by molar-refractivity contribution is -0.137. The molecule has 1 fully saturated rings. The van der Waals surface area contributed by atoms with E-state index in [0.717, 1.165) is 42.9 Å². The smallest absolute Gasteiger partial charge is 0.314 e. The van der Waals surface area contributed by atoms with Crippen LogP contribution in [0.2, 0.25) is 0 Å². The monoisotopic (exact) mass is 404 g/mol. The summed E-state index contributed by atoms with van der Waals surface area (Å²) in [5.74, 6) is -0.0159. The summed E-state index contributed by atoms with van der Waals surface area (Å²) >= 11 is 0. The van der Waals surface area contributed by atoms with Gasteiger partial charge in [-0.05, 0) is 28.8 Å². The molecule has 2 aliphatic heterocycles. The number of piperazine rings is 1. The number of halogens is 5. The SMILES string of the molecule is Cl.Cl.FC(F)(F)c1ccc2c(c1)C(c1ccccc1)CN1CCNCC21. The van der Waals surface area contributed by atoms with E-state index in [-0.39, 0.29) is 36.8 Å². The summed E-state index contributed by atoms with van der Waals surface area (Å²) < 4.78 is 39.6. The molecule has 0 amide bonds. The van der Waals surface area contributed by atoms with E-state index in [2.05, 4.69) is 10.2 Å². The van der Waals surface area contributed by atoms with E-state index < -0.39 is 11.7 Å². The zero-order valence-corrected chi connectivity index (χ0v) is 15.6. The Morgan fingerprint density at radius 1 is 0.962 bits per heavy atom. The fourth-order valence-corrected chi connectivity index (χ4v) is 3.93. The van der Waals surface area contributed by atoms with E-state index in [1.165, 1.54) is 12.1 Å². The average molecular weight is 405 g/mol. The van der Waals surface area contributed by atoms with E-state index >= 15 is 0 Å². The minimum Gasteiger partial charge on any atom is -0.314 e. The van der Waals surface area contributed by atoms with Gasteiger partial charge in [0, 0.05) is 38.1 Å². The molecule has 26 heavy (non-hydrogen) atoms. The van der Waals surface area contributed by atoms with Gasteiger partial charge < -0.3 is 5.32 Å². The number of hydrogen-bond acceptors (Lipinski definition) is 2. The minimum atomic E-state index is -4.31. The van der Waals surface area contributed by atoms with Gasteiger partial charge in [0.15, 0.2) is 0 Å². The maximum atomic E-state index is 13.2. The first kappa shape index (κ1) is 21.0. The van der Waals surface area contributed by atoms with Crippen molar-refractivity contribution >= 4 is 24.8 Å². The third-order valence-electron chi connectivity index (χ3n) is 5.12. The fraction of sp³-hybridized carbons (Fsp3) is 0.368. The largest absolute Gasteiger partial charge is 0.416 e. The van der Waals surface area contributed by atoms with Crippen LogP contribution in [0.25, 0.3) is 0 Å². The Bertz CT molecular complexity index is 737. The Morgan fingerprint density at radius 2 is 1.69 bits per heavy atom. The molecule has 0 radical (unpaired) electrons. The van der Waals surface area contributed by atoms with Crippen LogP contribution in [0.4, 0.5) is 13.2 Å². The van der Waals surface area contributed by atoms with Gasteiger partial charge in [-0.3, -0.25) is 4.90 Å². The number of hydrogen-bond donors (Lipinski definition) is 1. The molecule has 0 aromatic heterocycles. The second-order valence-corrected chi connectivity index (χ2v) is 6.52. The van der Waals surface area contributed by atoms with Gasteiger partial charge in [-0.25, -0.2) is 0 Å². The predicted octanol–water partition coefficient (Wildman–Crippen LogP) is 4.64. The Kier molecular flexibility index (Phi) is 6.61. The molecule has 7 heteroatoms. The van der Waals surface area contributed by atoms with Crippen LogP contribution in [0, 0.1) is 0 Å². The van der Waals surface area contributed by atoms with Crippen molar-refractivity contribution in [3.63, 3.8) is 0 Å². The predicted molar refractivity (Wildman–Crippen MR) is 101 cm³/mol. The molecule has 0 aliphatic carbocycles. The highest BCUT2D eigenvalue weighted by Gasteiger charge is 2.38. The Morgan fingerprint density at radius 3 is 2.38 bits per heavy atom. The van der Waals surface area contributed by atoms with E-state index in [1.54, 1.807) is 6.07 Å². The van der Waals surface area contributed by atoms with Crippen molar-refractivity contribution in [1.29, 1.82) is 0 Å². The van der Waals surface area contributed by atoms with Gasteiger partial charge >= 0.3 is 6.18 Å². The first-order valence-electron chi connectivity index (χ1n) is 8.25. The molecule has 1 saturated heterocycles. The summed E-state index contributed by atoms with van der Waals surface area (Å²) in [6, 6.07) is 14.3. The van der Waals surface area contributed by atoms with Gasteiger partial charge in [0.1, 0.15) is 0 Å². The van der Waals surface area contributed by atoms with Gasteiger partial charge in [-0.2, -0.15) is 13.2 Å². The molecule has 0 spiro atoms. The van der Waals surface area contributed by atoms with Crippen LogP contribution in [0.5, 0.6) is 0 Å². The fourth-order valence-electron chi connectivity index (χ4n) is 3.93. The lowest BCUT2D eigenvalue weighted by atomic mass is 9.80. The summed E-state index contributed by atoms with van der Waals surface area (Å²) in [6.07, 6.45) is -4.31. The zero-order chi connectivity index (χ0) is 16.7. The molecular weight excluding hydrogens is 384 g/mol. The number of nitrogens with zero attached hydrogens (tertiary/aromatic N) is 1. The van der Waals surface area contributed by atoms with Crippen molar-refractivity contribution in [1.82, 2.24) is 10.2 Å². The topological polar surface area (TPSA) is 15.3 Å². The Hall–Kier alpha value is -1.27. The molecule has 0 saturated carbocycles. The second-order valence-electron chi connectivity index (χ2n) is 6.52. The molecule has 2 heterocycles. The first-order valence-corrected chi connectivity index (χ1v) is 8.25. The highest BCUT2D eigenvalue weighted by Crippen LogP contribution is 2.42. The van der Waals surface area contributed by atoms with Crippen molar-refractivity contribution < 1.29 is 13.2 Å². The molecule has 142 valence electrons. The molecule has 2 aromatic rings. The Balaban J connectivity index is 0.00000121. The molecule has 4 rings (SSSR count). The lowest BCUT2D eigenvalue weighted by Crippen LogP contribution is -2.50. The van der Waals surface area contributed by atoms with E-state index in [4.69, 9.17) is 0 Å². The van der Waals surface area contributed by atoms with Crippen LogP contribution >= 0.6 is 24.8 Å². The summed E-state index contributed by atoms with van der Waals surface area (Å²) in [5, 5.41) is 3.36. The van der Waals surface area contributed by atoms with Crippen LogP contribution in [-0.4, -0.2) is 31.1 Å². The number of fused-ring (bicyclic) bond motifs is 3. The first-order chi connectivity index (χ1) is 11.5. The van der Waals surface area contributed by atoms with E-state index in [1.807, 2.05) is 30.3 Å². The van der Waals surface area contributed by atoms with Crippen molar-refractivity contribution in [2.75, 3.05) is 26.2 Å². The van der Waals surface area contributed by atoms with Crippen LogP contribution in [-0.2, 0) is 6.18 Å². The standard InChI is InChI=1S/C19H19F3N2.2ClH/c20-19(21,22)14-6-7-15-16(10-14)17(13-4-2-1-3-5-13)12-24-9-8-23-11-18(15)24;;/h1-7,10,17-18,23H,8-9,11-12H2;2*1H. The molecule has 2 aliphatic rings. The van der Waals surface area contributed by atoms with Gasteiger partial charge in [0.25, 0.3) is 0 Å². The quantitative estimate of drug-likeness (QED) is 0.744. The molecule has 0 bridgehead atoms. The Labute approximate surface area is 163 Å². The highest BCUT2D eigenvalue weighted by molar-refractivity contribution is 5.85. The normalized spacial score (nSPS) is 22.4. The van der Waals surface area contributed by atoms with Crippen molar-refractivity contribution in [2.45, 2.75) is 18.1 Å². The van der Waals surface area contributed by atoms with Gasteiger partial charge in [-0.15, -0.1) is 24.8 Å². The van der Waals surface area contributed by atoms with Crippen molar-refractivity contribution in [3.05, 3.63) is 70.8 Å². The van der Waals surface area contributed by atoms with Crippen LogP contribution in [0.3, 0.4) is 0 Å². The molecule has 2 unspecified atom stereocenters. The lowest BCUT2D eigenvalue weighted by Gasteiger charge is -2.44. The zero-order valence-electron chi connectivity index (χ0n) is 14.0.